The molecule has 0 fully saturated rings. The largest absolute Gasteiger partial charge is 0.287 e. The summed E-state index contributed by atoms with van der Waals surface area (Å²) in [6, 6.07) is 8.12. The van der Waals surface area contributed by atoms with Crippen LogP contribution in [0.4, 0.5) is 4.39 Å². The Morgan fingerprint density at radius 1 is 1.17 bits per heavy atom. The Bertz CT molecular complexity index is 758. The van der Waals surface area contributed by atoms with Gasteiger partial charge in [-0.15, -0.1) is 11.3 Å². The zero-order chi connectivity index (χ0) is 16.2. The van der Waals surface area contributed by atoms with Crippen LogP contribution in [0.5, 0.6) is 0 Å². The molecule has 23 heavy (non-hydrogen) atoms. The molecule has 1 atom stereocenters. The quantitative estimate of drug-likeness (QED) is 0.717. The lowest BCUT2D eigenvalue weighted by atomic mass is 10.0. The molecule has 0 unspecified atom stereocenters. The molecule has 0 bridgehead atoms. The fourth-order valence-corrected chi connectivity index (χ4v) is 3.13. The maximum atomic E-state index is 13.2. The third kappa shape index (κ3) is 3.78. The lowest BCUT2D eigenvalue weighted by molar-refractivity contribution is 0.258. The molecule has 0 spiro atoms. The van der Waals surface area contributed by atoms with E-state index < -0.39 is 0 Å². The number of rotatable bonds is 5. The van der Waals surface area contributed by atoms with E-state index in [2.05, 4.69) is 25.2 Å². The van der Waals surface area contributed by atoms with Crippen molar-refractivity contribution in [3.05, 3.63) is 76.0 Å². The third-order valence-electron chi connectivity index (χ3n) is 3.53. The zero-order valence-electron chi connectivity index (χ0n) is 13.0. The molecule has 0 aliphatic heterocycles. The number of hydrogen-bond donors (Lipinski definition) is 0. The fraction of sp³-hybridized carbons (Fsp3) is 0.235. The van der Waals surface area contributed by atoms with Crippen molar-refractivity contribution in [2.45, 2.75) is 19.5 Å². The van der Waals surface area contributed by atoms with Crippen molar-refractivity contribution < 1.29 is 4.39 Å². The van der Waals surface area contributed by atoms with Gasteiger partial charge in [-0.2, -0.15) is 0 Å². The van der Waals surface area contributed by atoms with E-state index in [-0.39, 0.29) is 11.9 Å². The summed E-state index contributed by atoms with van der Waals surface area (Å²) in [5, 5.41) is 3.10. The molecular weight excluding hydrogens is 311 g/mol. The first kappa shape index (κ1) is 15.7. The summed E-state index contributed by atoms with van der Waals surface area (Å²) in [4.78, 5) is 15.4. The molecule has 3 aromatic rings. The van der Waals surface area contributed by atoms with Gasteiger partial charge < -0.3 is 0 Å². The van der Waals surface area contributed by atoms with E-state index in [9.17, 15) is 4.39 Å². The van der Waals surface area contributed by atoms with E-state index in [1.807, 2.05) is 14.0 Å². The highest BCUT2D eigenvalue weighted by Gasteiger charge is 2.22. The molecule has 2 heterocycles. The smallest absolute Gasteiger partial charge is 0.149 e. The number of hydrogen-bond acceptors (Lipinski definition) is 5. The van der Waals surface area contributed by atoms with E-state index in [0.717, 1.165) is 16.3 Å². The SMILES string of the molecule is Cc1nc(CN(C)[C@H](c2ccc(F)cc2)c2ncccn2)cs1. The van der Waals surface area contributed by atoms with Gasteiger partial charge >= 0.3 is 0 Å². The lowest BCUT2D eigenvalue weighted by Crippen LogP contribution is -2.27. The molecule has 2 aromatic heterocycles. The summed E-state index contributed by atoms with van der Waals surface area (Å²) in [6.45, 7) is 2.66. The van der Waals surface area contributed by atoms with Crippen LogP contribution in [0.15, 0.2) is 48.1 Å². The Morgan fingerprint density at radius 3 is 2.48 bits per heavy atom. The minimum Gasteiger partial charge on any atom is -0.287 e. The first-order chi connectivity index (χ1) is 11.1. The molecule has 0 amide bonds. The minimum absolute atomic E-state index is 0.154. The summed E-state index contributed by atoms with van der Waals surface area (Å²) in [5.41, 5.74) is 1.96. The van der Waals surface area contributed by atoms with Crippen LogP contribution >= 0.6 is 11.3 Å². The molecule has 0 radical (unpaired) electrons. The van der Waals surface area contributed by atoms with Crippen molar-refractivity contribution >= 4 is 11.3 Å². The summed E-state index contributed by atoms with van der Waals surface area (Å²) in [6.07, 6.45) is 3.44. The van der Waals surface area contributed by atoms with Crippen molar-refractivity contribution in [3.8, 4) is 0 Å². The van der Waals surface area contributed by atoms with Crippen LogP contribution in [0.2, 0.25) is 0 Å². The van der Waals surface area contributed by atoms with Crippen molar-refractivity contribution in [2.75, 3.05) is 7.05 Å². The number of nitrogens with zero attached hydrogens (tertiary/aromatic N) is 4. The third-order valence-corrected chi connectivity index (χ3v) is 4.36. The van der Waals surface area contributed by atoms with Gasteiger partial charge in [0.2, 0.25) is 0 Å². The highest BCUT2D eigenvalue weighted by atomic mass is 32.1. The van der Waals surface area contributed by atoms with Gasteiger partial charge in [0.15, 0.2) is 0 Å². The number of halogens is 1. The van der Waals surface area contributed by atoms with E-state index in [1.165, 1.54) is 12.1 Å². The molecule has 4 nitrogen and oxygen atoms in total. The van der Waals surface area contributed by atoms with Crippen molar-refractivity contribution in [1.29, 1.82) is 0 Å². The van der Waals surface area contributed by atoms with Gasteiger partial charge in [0.05, 0.1) is 16.7 Å². The van der Waals surface area contributed by atoms with Crippen LogP contribution in [0.1, 0.15) is 28.1 Å². The number of aromatic nitrogens is 3. The second kappa shape index (κ2) is 6.93. The van der Waals surface area contributed by atoms with Crippen LogP contribution in [-0.4, -0.2) is 26.9 Å². The fourth-order valence-electron chi connectivity index (χ4n) is 2.53. The van der Waals surface area contributed by atoms with Crippen molar-refractivity contribution in [1.82, 2.24) is 19.9 Å². The van der Waals surface area contributed by atoms with E-state index in [0.29, 0.717) is 12.4 Å². The normalized spacial score (nSPS) is 12.5. The van der Waals surface area contributed by atoms with Crippen LogP contribution in [0.25, 0.3) is 0 Å². The predicted molar refractivity (Wildman–Crippen MR) is 88.6 cm³/mol. The Kier molecular flexibility index (Phi) is 4.73. The van der Waals surface area contributed by atoms with Crippen LogP contribution < -0.4 is 0 Å². The van der Waals surface area contributed by atoms with Gasteiger partial charge in [0.1, 0.15) is 11.6 Å². The Labute approximate surface area is 138 Å². The molecule has 0 N–H and O–H groups in total. The highest BCUT2D eigenvalue weighted by Crippen LogP contribution is 2.26. The maximum Gasteiger partial charge on any atom is 0.149 e. The summed E-state index contributed by atoms with van der Waals surface area (Å²) >= 11 is 1.63. The lowest BCUT2D eigenvalue weighted by Gasteiger charge is -2.26. The first-order valence-corrected chi connectivity index (χ1v) is 8.15. The summed E-state index contributed by atoms with van der Waals surface area (Å²) in [5.74, 6) is 0.438. The van der Waals surface area contributed by atoms with E-state index >= 15 is 0 Å². The van der Waals surface area contributed by atoms with Gasteiger partial charge in [-0.05, 0) is 37.7 Å². The summed E-state index contributed by atoms with van der Waals surface area (Å²) < 4.78 is 13.2. The highest BCUT2D eigenvalue weighted by molar-refractivity contribution is 7.09. The maximum absolute atomic E-state index is 13.2. The van der Waals surface area contributed by atoms with Crippen LogP contribution in [0, 0.1) is 12.7 Å². The Hall–Kier alpha value is -2.18. The minimum atomic E-state index is -0.251. The van der Waals surface area contributed by atoms with E-state index in [1.54, 1.807) is 41.9 Å². The average Bonchev–Trinajstić information content (AvgIpc) is 2.95. The van der Waals surface area contributed by atoms with Crippen molar-refractivity contribution in [3.63, 3.8) is 0 Å². The Morgan fingerprint density at radius 2 is 1.87 bits per heavy atom. The second-order valence-electron chi connectivity index (χ2n) is 5.33. The van der Waals surface area contributed by atoms with Crippen LogP contribution in [0.3, 0.4) is 0 Å². The van der Waals surface area contributed by atoms with Gasteiger partial charge in [0, 0.05) is 24.3 Å². The second-order valence-corrected chi connectivity index (χ2v) is 6.40. The number of benzene rings is 1. The van der Waals surface area contributed by atoms with Gasteiger partial charge in [-0.25, -0.2) is 19.3 Å². The Balaban J connectivity index is 1.92. The van der Waals surface area contributed by atoms with Gasteiger partial charge in [-0.3, -0.25) is 4.90 Å². The molecule has 0 saturated carbocycles. The molecule has 1 aromatic carbocycles. The molecule has 0 saturated heterocycles. The average molecular weight is 328 g/mol. The molecule has 0 aliphatic carbocycles. The van der Waals surface area contributed by atoms with Gasteiger partial charge in [0.25, 0.3) is 0 Å². The van der Waals surface area contributed by atoms with Gasteiger partial charge in [-0.1, -0.05) is 12.1 Å². The molecule has 6 heteroatoms. The standard InChI is InChI=1S/C17H17FN4S/c1-12-21-15(11-23-12)10-22(2)16(17-19-8-3-9-20-17)13-4-6-14(18)7-5-13/h3-9,11,16H,10H2,1-2H3/t16-/m1/s1. The molecular formula is C17H17FN4S. The van der Waals surface area contributed by atoms with E-state index in [4.69, 9.17) is 0 Å². The monoisotopic (exact) mass is 328 g/mol. The van der Waals surface area contributed by atoms with Crippen LogP contribution in [-0.2, 0) is 6.54 Å². The first-order valence-electron chi connectivity index (χ1n) is 7.27. The molecule has 118 valence electrons. The number of thiazole rings is 1. The topological polar surface area (TPSA) is 41.9 Å². The molecule has 0 aliphatic rings. The summed E-state index contributed by atoms with van der Waals surface area (Å²) in [7, 11) is 2.00. The van der Waals surface area contributed by atoms with Crippen molar-refractivity contribution in [2.24, 2.45) is 0 Å². The predicted octanol–water partition coefficient (Wildman–Crippen LogP) is 3.60. The zero-order valence-corrected chi connectivity index (χ0v) is 13.8. The molecule has 3 rings (SSSR count). The number of aryl methyl sites for hydroxylation is 1.